The average Bonchev–Trinajstić information content (AvgIpc) is 2.27. The first-order valence-electron chi connectivity index (χ1n) is 5.09. The number of rotatable bonds is 2. The zero-order valence-electron chi connectivity index (χ0n) is 8.82. The zero-order chi connectivity index (χ0) is 10.8. The Hall–Kier alpha value is -1.57. The van der Waals surface area contributed by atoms with Gasteiger partial charge in [-0.3, -0.25) is 4.79 Å². The van der Waals surface area contributed by atoms with E-state index >= 15 is 0 Å². The lowest BCUT2D eigenvalue weighted by molar-refractivity contribution is -0.120. The van der Waals surface area contributed by atoms with Crippen LogP contribution in [-0.2, 0) is 11.2 Å². The van der Waals surface area contributed by atoms with Crippen LogP contribution in [0.15, 0.2) is 36.4 Å². The average molecular weight is 202 g/mol. The number of hydrogen-bond donors (Lipinski definition) is 0. The van der Waals surface area contributed by atoms with Crippen LogP contribution in [0.2, 0.25) is 0 Å². The lowest BCUT2D eigenvalue weighted by atomic mass is 9.91. The van der Waals surface area contributed by atoms with E-state index in [0.717, 1.165) is 17.7 Å². The van der Waals surface area contributed by atoms with Gasteiger partial charge < -0.3 is 4.74 Å². The van der Waals surface area contributed by atoms with Gasteiger partial charge in [-0.2, -0.15) is 0 Å². The third-order valence-corrected chi connectivity index (χ3v) is 2.67. The molecular weight excluding hydrogens is 188 g/mol. The highest BCUT2D eigenvalue weighted by atomic mass is 16.5. The Bertz CT molecular complexity index is 407. The van der Waals surface area contributed by atoms with Gasteiger partial charge in [-0.05, 0) is 30.5 Å². The molecule has 1 heterocycles. The fourth-order valence-corrected chi connectivity index (χ4v) is 1.84. The van der Waals surface area contributed by atoms with Gasteiger partial charge in [0, 0.05) is 0 Å². The molecule has 2 nitrogen and oxygen atoms in total. The van der Waals surface area contributed by atoms with Gasteiger partial charge >= 0.3 is 0 Å². The molecule has 0 bridgehead atoms. The molecule has 1 unspecified atom stereocenters. The Kier molecular flexibility index (Phi) is 2.58. The maximum absolute atomic E-state index is 11.7. The van der Waals surface area contributed by atoms with Crippen molar-refractivity contribution in [1.82, 2.24) is 0 Å². The molecule has 0 radical (unpaired) electrons. The van der Waals surface area contributed by atoms with Crippen LogP contribution in [0.5, 0.6) is 5.75 Å². The van der Waals surface area contributed by atoms with Crippen molar-refractivity contribution in [2.75, 3.05) is 6.61 Å². The number of Topliss-reactive ketones (excluding diaryl/α,β-unsaturated/α-hetero) is 1. The van der Waals surface area contributed by atoms with E-state index in [0.29, 0.717) is 12.2 Å². The van der Waals surface area contributed by atoms with Crippen molar-refractivity contribution >= 4 is 5.78 Å². The summed E-state index contributed by atoms with van der Waals surface area (Å²) in [6.45, 7) is 5.91. The smallest absolute Gasteiger partial charge is 0.164 e. The van der Waals surface area contributed by atoms with Crippen LogP contribution in [0.4, 0.5) is 0 Å². The van der Waals surface area contributed by atoms with Crippen LogP contribution in [0.3, 0.4) is 0 Å². The summed E-state index contributed by atoms with van der Waals surface area (Å²) in [4.78, 5) is 11.7. The van der Waals surface area contributed by atoms with Crippen molar-refractivity contribution in [3.8, 4) is 5.75 Å². The van der Waals surface area contributed by atoms with Crippen molar-refractivity contribution in [3.63, 3.8) is 0 Å². The molecule has 0 fully saturated rings. The number of ether oxygens (including phenoxy) is 1. The van der Waals surface area contributed by atoms with Crippen LogP contribution >= 0.6 is 0 Å². The molecule has 0 spiro atoms. The standard InChI is InChI=1S/C13H14O2/c1-9(2)13(14)11-7-10-5-3-4-6-12(10)15-8-11/h3-6,11H,1,7-8H2,2H3. The molecule has 0 saturated carbocycles. The van der Waals surface area contributed by atoms with Gasteiger partial charge in [-0.25, -0.2) is 0 Å². The van der Waals surface area contributed by atoms with Gasteiger partial charge in [0.2, 0.25) is 0 Å². The Balaban J connectivity index is 2.19. The van der Waals surface area contributed by atoms with Gasteiger partial charge in [0.15, 0.2) is 5.78 Å². The summed E-state index contributed by atoms with van der Waals surface area (Å²) in [6, 6.07) is 7.86. The highest BCUT2D eigenvalue weighted by Crippen LogP contribution is 2.27. The van der Waals surface area contributed by atoms with Crippen molar-refractivity contribution in [2.24, 2.45) is 5.92 Å². The largest absolute Gasteiger partial charge is 0.493 e. The highest BCUT2D eigenvalue weighted by molar-refractivity contribution is 5.96. The number of benzene rings is 1. The first-order chi connectivity index (χ1) is 7.18. The summed E-state index contributed by atoms with van der Waals surface area (Å²) in [5.74, 6) is 0.963. The Labute approximate surface area is 89.6 Å². The van der Waals surface area contributed by atoms with Crippen LogP contribution in [-0.4, -0.2) is 12.4 Å². The van der Waals surface area contributed by atoms with Crippen LogP contribution < -0.4 is 4.74 Å². The molecule has 0 amide bonds. The topological polar surface area (TPSA) is 26.3 Å². The third-order valence-electron chi connectivity index (χ3n) is 2.67. The normalized spacial score (nSPS) is 18.9. The molecule has 1 aliphatic heterocycles. The van der Waals surface area contributed by atoms with E-state index in [1.807, 2.05) is 24.3 Å². The van der Waals surface area contributed by atoms with Crippen LogP contribution in [0.1, 0.15) is 12.5 Å². The van der Waals surface area contributed by atoms with Crippen molar-refractivity contribution in [3.05, 3.63) is 42.0 Å². The van der Waals surface area contributed by atoms with Crippen LogP contribution in [0, 0.1) is 5.92 Å². The van der Waals surface area contributed by atoms with E-state index in [4.69, 9.17) is 4.74 Å². The lowest BCUT2D eigenvalue weighted by Crippen LogP contribution is -2.28. The predicted octanol–water partition coefficient (Wildman–Crippen LogP) is 2.38. The summed E-state index contributed by atoms with van der Waals surface area (Å²) in [5.41, 5.74) is 1.73. The Morgan fingerprint density at radius 3 is 2.93 bits per heavy atom. The van der Waals surface area contributed by atoms with E-state index in [9.17, 15) is 4.79 Å². The minimum atomic E-state index is -0.0580. The maximum Gasteiger partial charge on any atom is 0.164 e. The molecule has 1 aromatic rings. The molecular formula is C13H14O2. The minimum absolute atomic E-state index is 0.0580. The van der Waals surface area contributed by atoms with Crippen molar-refractivity contribution in [2.45, 2.75) is 13.3 Å². The van der Waals surface area contributed by atoms with E-state index in [-0.39, 0.29) is 11.7 Å². The SMILES string of the molecule is C=C(C)C(=O)C1COc2ccccc2C1. The summed E-state index contributed by atoms with van der Waals surface area (Å²) >= 11 is 0. The molecule has 2 heteroatoms. The Morgan fingerprint density at radius 1 is 1.47 bits per heavy atom. The van der Waals surface area contributed by atoms with Crippen molar-refractivity contribution < 1.29 is 9.53 Å². The molecule has 1 aliphatic rings. The third kappa shape index (κ3) is 1.94. The molecule has 78 valence electrons. The fraction of sp³-hybridized carbons (Fsp3) is 0.308. The number of carbonyl (C=O) groups is 1. The fourth-order valence-electron chi connectivity index (χ4n) is 1.84. The number of hydrogen-bond acceptors (Lipinski definition) is 2. The second-order valence-electron chi connectivity index (χ2n) is 3.96. The number of para-hydroxylation sites is 1. The molecule has 0 saturated heterocycles. The van der Waals surface area contributed by atoms with Gasteiger partial charge in [0.1, 0.15) is 5.75 Å². The van der Waals surface area contributed by atoms with Gasteiger partial charge in [0.05, 0.1) is 12.5 Å². The second kappa shape index (κ2) is 3.89. The second-order valence-corrected chi connectivity index (χ2v) is 3.96. The highest BCUT2D eigenvalue weighted by Gasteiger charge is 2.25. The summed E-state index contributed by atoms with van der Waals surface area (Å²) in [6.07, 6.45) is 0.766. The number of fused-ring (bicyclic) bond motifs is 1. The summed E-state index contributed by atoms with van der Waals surface area (Å²) in [5, 5.41) is 0. The monoisotopic (exact) mass is 202 g/mol. The van der Waals surface area contributed by atoms with E-state index in [1.54, 1.807) is 6.92 Å². The molecule has 1 aromatic carbocycles. The van der Waals surface area contributed by atoms with Gasteiger partial charge in [-0.1, -0.05) is 24.8 Å². The first-order valence-corrected chi connectivity index (χ1v) is 5.09. The zero-order valence-corrected chi connectivity index (χ0v) is 8.82. The molecule has 2 rings (SSSR count). The molecule has 0 N–H and O–H groups in total. The summed E-state index contributed by atoms with van der Waals surface area (Å²) < 4.78 is 5.55. The van der Waals surface area contributed by atoms with E-state index in [1.165, 1.54) is 0 Å². The van der Waals surface area contributed by atoms with Gasteiger partial charge in [0.25, 0.3) is 0 Å². The Morgan fingerprint density at radius 2 is 2.20 bits per heavy atom. The van der Waals surface area contributed by atoms with Crippen LogP contribution in [0.25, 0.3) is 0 Å². The molecule has 0 aromatic heterocycles. The van der Waals surface area contributed by atoms with E-state index in [2.05, 4.69) is 6.58 Å². The first kappa shape index (κ1) is 9.97. The lowest BCUT2D eigenvalue weighted by Gasteiger charge is -2.24. The minimum Gasteiger partial charge on any atom is -0.493 e. The summed E-state index contributed by atoms with van der Waals surface area (Å²) in [7, 11) is 0. The quantitative estimate of drug-likeness (QED) is 0.688. The number of ketones is 1. The molecule has 1 atom stereocenters. The molecule has 15 heavy (non-hydrogen) atoms. The van der Waals surface area contributed by atoms with E-state index < -0.39 is 0 Å². The molecule has 0 aliphatic carbocycles. The van der Waals surface area contributed by atoms with Gasteiger partial charge in [-0.15, -0.1) is 0 Å². The van der Waals surface area contributed by atoms with Crippen molar-refractivity contribution in [1.29, 1.82) is 0 Å². The number of allylic oxidation sites excluding steroid dienone is 1. The predicted molar refractivity (Wildman–Crippen MR) is 59.0 cm³/mol. The number of carbonyl (C=O) groups excluding carboxylic acids is 1. The maximum atomic E-state index is 11.7.